The first-order valence-corrected chi connectivity index (χ1v) is 47.1. The fraction of sp³-hybridized carbons (Fsp3) is 0.238. The van der Waals surface area contributed by atoms with Gasteiger partial charge in [0.25, 0.3) is 0 Å². The monoisotopic (exact) mass is 1840 g/mol. The van der Waals surface area contributed by atoms with Gasteiger partial charge in [-0.2, -0.15) is 20.4 Å². The Labute approximate surface area is 798 Å². The number of anilines is 4. The minimum absolute atomic E-state index is 0.0131. The van der Waals surface area contributed by atoms with Gasteiger partial charge in [0.15, 0.2) is 23.3 Å². The van der Waals surface area contributed by atoms with E-state index in [2.05, 4.69) is 244 Å². The molecular formula is C105H104N32O2. The van der Waals surface area contributed by atoms with Gasteiger partial charge in [0.05, 0.1) is 127 Å². The lowest BCUT2D eigenvalue weighted by Crippen LogP contribution is -2.44. The van der Waals surface area contributed by atoms with Crippen LogP contribution in [0.3, 0.4) is 0 Å². The standard InChI is InChI=1S/C31H31N9.C30H35N9.C23H21N7O.C21H17N7O/c1-39-9-11-40(12-10-39)28-20-34-19-27-30(28)36-31(35-27)29-25-14-23(7-8-26(25)37-38-29)24-13-22(17-33-18-24)16-32-15-21-5-3-2-4-6-21;1-38-8-10-39(11-9-38)27-19-33-18-26-29(27)35-30(34-26)28-24-13-22(6-7-25(24)36-37-28)23-12-21(16-32-17-23)15-31-14-20-4-2-3-5-20;1-13(2)7-21(31)26-16-8-15(10-25-11-16)14-3-4-18-17(9-14)22(30-29-18)23-27-19-5-6-24-12-20(19)28-23;1-2-19(29)24-14-7-13(9-23-10-14)12-3-4-16-15(8-12)20(28-27-16)21-25-17-5-6-22-11-18(17)26-21/h2-8,13-14,17-20,32H,9-12,15-16H2,1H3,(H,35,36)(H,37,38);6-7,12-13,16-20,31H,2-5,8-11,14-15H2,1H3,(H,34,35)(H,36,37);3-6,8-13H,7H2,1-2H3,(H,26,31)(H,27,28)(H,29,30);3-11H,2H2,1H3,(H,24,29)(H,25,26)(H,27,28). The maximum Gasteiger partial charge on any atom is 0.224 e. The van der Waals surface area contributed by atoms with Crippen molar-refractivity contribution in [3.63, 3.8) is 0 Å². The number of amides is 2. The van der Waals surface area contributed by atoms with Crippen LogP contribution in [0.2, 0.25) is 0 Å². The van der Waals surface area contributed by atoms with Gasteiger partial charge in [0.2, 0.25) is 11.8 Å². The van der Waals surface area contributed by atoms with E-state index < -0.39 is 0 Å². The Morgan fingerprint density at radius 3 is 1.17 bits per heavy atom. The number of rotatable bonds is 23. The molecule has 24 rings (SSSR count). The molecule has 3 aliphatic rings. The molecule has 0 unspecified atom stereocenters. The number of pyridine rings is 8. The Morgan fingerprint density at radius 1 is 0.367 bits per heavy atom. The molecule has 34 nitrogen and oxygen atoms in total. The molecule has 2 amide bonds. The second-order valence-corrected chi connectivity index (χ2v) is 36.2. The van der Waals surface area contributed by atoms with Crippen LogP contribution in [0.5, 0.6) is 0 Å². The number of hydrogen-bond donors (Lipinski definition) is 12. The SMILES string of the molecule is CC(C)CC(=O)Nc1cncc(-c2ccc3[nH]nc(-c4nc5ccncc5[nH]4)c3c2)c1.CCC(=O)Nc1cncc(-c2ccc3[nH]nc(-c4nc5ccncc5[nH]4)c3c2)c1.CN1CCN(c2cncc3[nH]c(-c4n[nH]c5ccc(-c6cncc(CNCC7CCCC7)c6)cc45)nc23)CC1.CN1CCN(c2cncc3[nH]c(-c4n[nH]c5ccc(-c6cncc(CNCc7ccccc7)c6)cc45)nc23)CC1. The molecule has 21 aromatic rings. The molecule has 0 bridgehead atoms. The number of nitrogens with one attached hydrogen (secondary N) is 12. The summed E-state index contributed by atoms with van der Waals surface area (Å²) in [7, 11) is 4.33. The molecule has 0 radical (unpaired) electrons. The largest absolute Gasteiger partial charge is 0.366 e. The second-order valence-electron chi connectivity index (χ2n) is 36.2. The van der Waals surface area contributed by atoms with E-state index >= 15 is 0 Å². The molecule has 696 valence electrons. The van der Waals surface area contributed by atoms with Crippen molar-refractivity contribution in [2.75, 3.05) is 93.4 Å². The summed E-state index contributed by atoms with van der Waals surface area (Å²) in [6.07, 6.45) is 35.4. The number of imidazole rings is 4. The number of hydrogen-bond acceptors (Lipinski definition) is 24. The zero-order valence-corrected chi connectivity index (χ0v) is 77.7. The van der Waals surface area contributed by atoms with E-state index in [0.29, 0.717) is 41.8 Å². The van der Waals surface area contributed by atoms with Gasteiger partial charge in [-0.15, -0.1) is 0 Å². The van der Waals surface area contributed by atoms with E-state index in [9.17, 15) is 9.59 Å². The summed E-state index contributed by atoms with van der Waals surface area (Å²) in [5.74, 6) is 3.91. The minimum Gasteiger partial charge on any atom is -0.366 e. The number of likely N-dealkylation sites (N-methyl/N-ethyl adjacent to an activating group) is 2. The summed E-state index contributed by atoms with van der Waals surface area (Å²) in [5, 5.41) is 47.6. The third kappa shape index (κ3) is 20.0. The van der Waals surface area contributed by atoms with Crippen LogP contribution in [0.4, 0.5) is 22.7 Å². The summed E-state index contributed by atoms with van der Waals surface area (Å²) >= 11 is 0. The predicted molar refractivity (Wildman–Crippen MR) is 546 cm³/mol. The smallest absolute Gasteiger partial charge is 0.224 e. The molecule has 0 spiro atoms. The van der Waals surface area contributed by atoms with Crippen molar-refractivity contribution < 1.29 is 9.59 Å². The van der Waals surface area contributed by atoms with Gasteiger partial charge in [-0.05, 0) is 169 Å². The van der Waals surface area contributed by atoms with Gasteiger partial charge in [-0.25, -0.2) is 19.9 Å². The van der Waals surface area contributed by atoms with Crippen molar-refractivity contribution in [1.82, 2.24) is 141 Å². The third-order valence-corrected chi connectivity index (χ3v) is 25.8. The average molecular weight is 1850 g/mol. The van der Waals surface area contributed by atoms with Crippen LogP contribution in [-0.4, -0.2) is 215 Å². The lowest BCUT2D eigenvalue weighted by molar-refractivity contribution is -0.117. The molecule has 5 aromatic carbocycles. The molecule has 12 N–H and O–H groups in total. The number of aromatic nitrogens is 24. The molecule has 0 atom stereocenters. The van der Waals surface area contributed by atoms with Crippen LogP contribution in [0.25, 0.3) is 178 Å². The van der Waals surface area contributed by atoms with E-state index in [1.807, 2.05) is 131 Å². The molecule has 2 aliphatic heterocycles. The maximum atomic E-state index is 12.1. The van der Waals surface area contributed by atoms with Crippen LogP contribution in [0, 0.1) is 11.8 Å². The highest BCUT2D eigenvalue weighted by Gasteiger charge is 2.26. The Balaban J connectivity index is 0.000000111. The Kier molecular flexibility index (Phi) is 25.7. The fourth-order valence-electron chi connectivity index (χ4n) is 18.3. The first-order valence-electron chi connectivity index (χ1n) is 47.1. The second kappa shape index (κ2) is 40.2. The zero-order chi connectivity index (χ0) is 94.2. The van der Waals surface area contributed by atoms with Crippen molar-refractivity contribution in [3.05, 3.63) is 255 Å². The van der Waals surface area contributed by atoms with Crippen molar-refractivity contribution in [3.8, 4) is 90.6 Å². The Bertz CT molecular complexity index is 7890. The van der Waals surface area contributed by atoms with Crippen LogP contribution in [-0.2, 0) is 29.2 Å². The Morgan fingerprint density at radius 2 is 0.748 bits per heavy atom. The first kappa shape index (κ1) is 89.0. The van der Waals surface area contributed by atoms with Crippen molar-refractivity contribution in [2.24, 2.45) is 11.8 Å². The number of carbonyl (C=O) groups is 2. The van der Waals surface area contributed by atoms with Crippen molar-refractivity contribution in [2.45, 2.75) is 78.9 Å². The number of nitrogens with zero attached hydrogens (tertiary/aromatic N) is 20. The molecule has 3 fully saturated rings. The highest BCUT2D eigenvalue weighted by atomic mass is 16.2. The minimum atomic E-state index is -0.0455. The number of carbonyl (C=O) groups excluding carboxylic acids is 2. The number of H-pyrrole nitrogens is 8. The summed E-state index contributed by atoms with van der Waals surface area (Å²) in [5.41, 5.74) is 29.2. The molecule has 2 saturated heterocycles. The van der Waals surface area contributed by atoms with Crippen LogP contribution in [0.1, 0.15) is 76.0 Å². The number of benzene rings is 5. The zero-order valence-electron chi connectivity index (χ0n) is 77.7. The molecule has 1 aliphatic carbocycles. The lowest BCUT2D eigenvalue weighted by Gasteiger charge is -2.33. The van der Waals surface area contributed by atoms with Crippen molar-refractivity contribution in [1.29, 1.82) is 0 Å². The van der Waals surface area contributed by atoms with Crippen LogP contribution in [0.15, 0.2) is 239 Å². The molecule has 139 heavy (non-hydrogen) atoms. The predicted octanol–water partition coefficient (Wildman–Crippen LogP) is 17.7. The summed E-state index contributed by atoms with van der Waals surface area (Å²) in [4.78, 5) is 101. The normalized spacial score (nSPS) is 13.8. The molecule has 34 heteroatoms. The van der Waals surface area contributed by atoms with E-state index in [4.69, 9.17) is 9.97 Å². The average Bonchev–Trinajstić information content (AvgIpc) is 1.62. The quantitative estimate of drug-likeness (QED) is 0.0283. The van der Waals surface area contributed by atoms with Gasteiger partial charge >= 0.3 is 0 Å². The fourth-order valence-corrected chi connectivity index (χ4v) is 18.3. The first-order chi connectivity index (χ1) is 68.2. The molecule has 16 aromatic heterocycles. The highest BCUT2D eigenvalue weighted by Crippen LogP contribution is 2.39. The van der Waals surface area contributed by atoms with E-state index in [1.165, 1.54) is 36.8 Å². The van der Waals surface area contributed by atoms with Gasteiger partial charge in [0.1, 0.15) is 33.8 Å². The number of piperazine rings is 2. The van der Waals surface area contributed by atoms with E-state index in [1.54, 1.807) is 49.6 Å². The van der Waals surface area contributed by atoms with Crippen LogP contribution >= 0.6 is 0 Å². The highest BCUT2D eigenvalue weighted by molar-refractivity contribution is 6.02. The molecular weight excluding hydrogens is 1740 g/mol. The van der Waals surface area contributed by atoms with Crippen molar-refractivity contribution >= 4 is 122 Å². The van der Waals surface area contributed by atoms with Gasteiger partial charge < -0.3 is 60.8 Å². The third-order valence-electron chi connectivity index (χ3n) is 25.8. The number of fused-ring (bicyclic) bond motifs is 8. The molecule has 18 heterocycles. The topological polar surface area (TPSA) is 428 Å². The summed E-state index contributed by atoms with van der Waals surface area (Å²) in [6, 6.07) is 47.2. The van der Waals surface area contributed by atoms with E-state index in [0.717, 1.165) is 268 Å². The van der Waals surface area contributed by atoms with E-state index in [-0.39, 0.29) is 11.8 Å². The Hall–Kier alpha value is -16.6. The summed E-state index contributed by atoms with van der Waals surface area (Å²) in [6.45, 7) is 17.3. The maximum absolute atomic E-state index is 12.1. The van der Waals surface area contributed by atoms with Crippen LogP contribution < -0.4 is 31.1 Å². The van der Waals surface area contributed by atoms with Gasteiger partial charge in [-0.3, -0.25) is 69.9 Å². The molecule has 1 saturated carbocycles. The van der Waals surface area contributed by atoms with Gasteiger partial charge in [0, 0.05) is 178 Å². The van der Waals surface area contributed by atoms with Gasteiger partial charge in [-0.1, -0.05) is 88.2 Å². The summed E-state index contributed by atoms with van der Waals surface area (Å²) < 4.78 is 0. The number of aromatic amines is 8. The lowest BCUT2D eigenvalue weighted by atomic mass is 10.0.